The molecule has 38 heavy (non-hydrogen) atoms. The van der Waals surface area contributed by atoms with Gasteiger partial charge in [-0.2, -0.15) is 0 Å². The predicted octanol–water partition coefficient (Wildman–Crippen LogP) is 6.13. The van der Waals surface area contributed by atoms with Crippen LogP contribution < -0.4 is 28.8 Å². The highest BCUT2D eigenvalue weighted by Crippen LogP contribution is 2.52. The number of fused-ring (bicyclic) bond motifs is 4. The number of aromatic nitrogens is 1. The van der Waals surface area contributed by atoms with Crippen LogP contribution >= 0.6 is 0 Å². The summed E-state index contributed by atoms with van der Waals surface area (Å²) in [7, 11) is 5.16. The number of nitrogens with zero attached hydrogens (tertiary/aromatic N) is 1. The zero-order valence-electron chi connectivity index (χ0n) is 21.8. The average Bonchev–Trinajstić information content (AvgIpc) is 2.92. The van der Waals surface area contributed by atoms with Gasteiger partial charge in [0.1, 0.15) is 18.6 Å². The number of hydrogen-bond acceptors (Lipinski definition) is 5. The van der Waals surface area contributed by atoms with E-state index in [9.17, 15) is 0 Å². The lowest BCUT2D eigenvalue weighted by Gasteiger charge is -2.36. The van der Waals surface area contributed by atoms with Crippen molar-refractivity contribution in [2.75, 3.05) is 14.2 Å². The Hall–Kier alpha value is -4.26. The van der Waals surface area contributed by atoms with Gasteiger partial charge in [0.25, 0.3) is 0 Å². The average molecular weight is 514 g/mol. The highest BCUT2D eigenvalue weighted by Gasteiger charge is 2.40. The van der Waals surface area contributed by atoms with Crippen LogP contribution in [0.1, 0.15) is 30.6 Å². The minimum absolute atomic E-state index is 0.315. The first-order valence-electron chi connectivity index (χ1n) is 12.6. The molecule has 2 aliphatic rings. The number of aryl methyl sites for hydroxylation is 1. The molecule has 1 N–H and O–H groups in total. The zero-order chi connectivity index (χ0) is 26.4. The number of ether oxygens (including phenoxy) is 4. The molecule has 4 aromatic rings. The molecule has 0 saturated carbocycles. The molecular weight excluding hydrogens is 483 g/mol. The first-order valence-corrected chi connectivity index (χ1v) is 12.6. The quantitative estimate of drug-likeness (QED) is 0.263. The number of pyridine rings is 1. The van der Waals surface area contributed by atoms with E-state index in [-0.39, 0.29) is 0 Å². The van der Waals surface area contributed by atoms with E-state index >= 15 is 4.39 Å². The maximum Gasteiger partial charge on any atom is 0.324 e. The van der Waals surface area contributed by atoms with E-state index in [1.165, 1.54) is 0 Å². The lowest BCUT2D eigenvalue weighted by molar-refractivity contribution is -0.644. The zero-order valence-corrected chi connectivity index (χ0v) is 21.8. The highest BCUT2D eigenvalue weighted by atomic mass is 19.1. The smallest absolute Gasteiger partial charge is 0.324 e. The van der Waals surface area contributed by atoms with Crippen molar-refractivity contribution in [1.82, 2.24) is 5.32 Å². The first-order chi connectivity index (χ1) is 18.4. The van der Waals surface area contributed by atoms with E-state index in [1.807, 2.05) is 62.7 Å². The van der Waals surface area contributed by atoms with Gasteiger partial charge in [-0.3, -0.25) is 0 Å². The molecule has 2 heterocycles. The number of alkyl halides is 1. The molecule has 6 rings (SSSR count). The van der Waals surface area contributed by atoms with Crippen LogP contribution in [-0.4, -0.2) is 20.6 Å². The molecule has 1 aliphatic carbocycles. The number of rotatable bonds is 4. The van der Waals surface area contributed by atoms with Gasteiger partial charge in [0, 0.05) is 22.4 Å². The summed E-state index contributed by atoms with van der Waals surface area (Å²) >= 11 is 0. The second kappa shape index (κ2) is 9.24. The van der Waals surface area contributed by atoms with Crippen molar-refractivity contribution < 1.29 is 27.9 Å². The van der Waals surface area contributed by atoms with Crippen LogP contribution in [0.3, 0.4) is 0 Å². The summed E-state index contributed by atoms with van der Waals surface area (Å²) in [6.07, 6.45) is 7.75. The summed E-state index contributed by atoms with van der Waals surface area (Å²) < 4.78 is 42.5. The third-order valence-electron chi connectivity index (χ3n) is 7.51. The number of hydrogen-bond donors (Lipinski definition) is 1. The first kappa shape index (κ1) is 24.1. The molecule has 0 amide bonds. The fourth-order valence-electron chi connectivity index (χ4n) is 5.42. The van der Waals surface area contributed by atoms with Gasteiger partial charge in [-0.25, -0.2) is 8.96 Å². The molecule has 3 aromatic carbocycles. The maximum absolute atomic E-state index is 16.1. The van der Waals surface area contributed by atoms with E-state index in [1.54, 1.807) is 26.5 Å². The summed E-state index contributed by atoms with van der Waals surface area (Å²) in [5, 5.41) is 6.15. The van der Waals surface area contributed by atoms with Gasteiger partial charge >= 0.3 is 6.41 Å². The fourth-order valence-corrected chi connectivity index (χ4v) is 5.42. The molecule has 6 nitrogen and oxygen atoms in total. The molecule has 1 aliphatic heterocycles. The summed E-state index contributed by atoms with van der Waals surface area (Å²) in [6, 6.07) is 15.7. The maximum atomic E-state index is 16.1. The number of allylic oxidation sites excluding steroid dienone is 2. The third-order valence-corrected chi connectivity index (χ3v) is 7.51. The van der Waals surface area contributed by atoms with Crippen molar-refractivity contribution in [3.8, 4) is 23.0 Å². The molecule has 1 aromatic heterocycles. The van der Waals surface area contributed by atoms with E-state index in [0.29, 0.717) is 35.0 Å². The molecule has 7 heteroatoms. The Labute approximate surface area is 220 Å². The Morgan fingerprint density at radius 2 is 1.79 bits per heavy atom. The Morgan fingerprint density at radius 1 is 1.03 bits per heavy atom. The Balaban J connectivity index is 1.52. The van der Waals surface area contributed by atoms with Crippen molar-refractivity contribution in [3.05, 3.63) is 84.2 Å². The Bertz CT molecular complexity index is 1620. The topological polar surface area (TPSA) is 52.8 Å². The Morgan fingerprint density at radius 3 is 2.61 bits per heavy atom. The SMILES string of the molecule is COc1ccc2c3c1OC(Oc1c(OC)ccc4ccc5ccc[n+](C)c5c14)NC=CCC(C)(C=C2)C3F. The van der Waals surface area contributed by atoms with Gasteiger partial charge in [-0.15, -0.1) is 0 Å². The largest absolute Gasteiger partial charge is 0.493 e. The monoisotopic (exact) mass is 513 g/mol. The molecule has 0 radical (unpaired) electrons. The van der Waals surface area contributed by atoms with E-state index in [0.717, 1.165) is 27.2 Å². The van der Waals surface area contributed by atoms with Crippen LogP contribution in [-0.2, 0) is 7.05 Å². The summed E-state index contributed by atoms with van der Waals surface area (Å²) in [5.41, 5.74) is 1.50. The number of halogens is 1. The number of nitrogens with one attached hydrogen (secondary N) is 1. The Kier molecular flexibility index (Phi) is 5.86. The van der Waals surface area contributed by atoms with E-state index in [2.05, 4.69) is 28.1 Å². The van der Waals surface area contributed by atoms with Crippen LogP contribution in [0.2, 0.25) is 0 Å². The summed E-state index contributed by atoms with van der Waals surface area (Å²) in [4.78, 5) is 0. The normalized spacial score (nSPS) is 22.0. The number of methoxy groups -OCH3 is 2. The van der Waals surface area contributed by atoms with Crippen LogP contribution in [0.5, 0.6) is 23.0 Å². The summed E-state index contributed by atoms with van der Waals surface area (Å²) in [5.74, 6) is 1.83. The standard InChI is InChI=1S/C31H30FN2O4/c1-31-15-6-17-33-30(38-28-23(36-4)13-11-20(14-16-31)25(28)29(31)32)37-27-22(35-3)12-10-19-8-9-21-7-5-18-34(2)26(21)24(19)27/h5-14,16-18,29-30,33H,15H2,1-4H3/q+1. The van der Waals surface area contributed by atoms with Gasteiger partial charge in [-0.1, -0.05) is 43.4 Å². The van der Waals surface area contributed by atoms with Crippen LogP contribution in [0.4, 0.5) is 4.39 Å². The van der Waals surface area contributed by atoms with Crippen LogP contribution in [0.25, 0.3) is 27.8 Å². The summed E-state index contributed by atoms with van der Waals surface area (Å²) in [6.45, 7) is 1.91. The minimum Gasteiger partial charge on any atom is -0.493 e. The van der Waals surface area contributed by atoms with Gasteiger partial charge in [0.15, 0.2) is 29.2 Å². The van der Waals surface area contributed by atoms with Crippen molar-refractivity contribution in [2.24, 2.45) is 12.5 Å². The second-order valence-electron chi connectivity index (χ2n) is 9.96. The van der Waals surface area contributed by atoms with Gasteiger partial charge in [0.05, 0.1) is 14.2 Å². The lowest BCUT2D eigenvalue weighted by atomic mass is 9.73. The molecule has 0 spiro atoms. The molecule has 0 fully saturated rings. The van der Waals surface area contributed by atoms with Crippen molar-refractivity contribution in [3.63, 3.8) is 0 Å². The molecular formula is C31H30FN2O4+. The predicted molar refractivity (Wildman–Crippen MR) is 145 cm³/mol. The number of benzene rings is 3. The molecule has 2 bridgehead atoms. The second-order valence-corrected chi connectivity index (χ2v) is 9.96. The van der Waals surface area contributed by atoms with Gasteiger partial charge in [0.2, 0.25) is 5.52 Å². The minimum atomic E-state index is -1.29. The molecule has 3 unspecified atom stereocenters. The van der Waals surface area contributed by atoms with Crippen molar-refractivity contribution in [1.29, 1.82) is 0 Å². The van der Waals surface area contributed by atoms with Gasteiger partial charge < -0.3 is 24.3 Å². The molecule has 3 atom stereocenters. The van der Waals surface area contributed by atoms with Crippen molar-refractivity contribution in [2.45, 2.75) is 25.9 Å². The van der Waals surface area contributed by atoms with Crippen LogP contribution in [0, 0.1) is 5.41 Å². The van der Waals surface area contributed by atoms with E-state index < -0.39 is 18.0 Å². The highest BCUT2D eigenvalue weighted by molar-refractivity contribution is 6.08. The molecule has 194 valence electrons. The van der Waals surface area contributed by atoms with Crippen LogP contribution in [0.15, 0.2) is 73.1 Å². The van der Waals surface area contributed by atoms with Gasteiger partial charge in [-0.05, 0) is 47.8 Å². The van der Waals surface area contributed by atoms with Crippen molar-refractivity contribution >= 4 is 27.8 Å². The molecule has 0 saturated heterocycles. The third kappa shape index (κ3) is 3.81. The fraction of sp³-hybridized carbons (Fsp3) is 0.258. The lowest BCUT2D eigenvalue weighted by Crippen LogP contribution is -2.38. The van der Waals surface area contributed by atoms with E-state index in [4.69, 9.17) is 18.9 Å².